The molecule has 0 amide bonds. The molecule has 0 saturated carbocycles. The maximum absolute atomic E-state index is 8.68. The Hall–Kier alpha value is -1.34. The molecule has 0 unspecified atom stereocenters. The number of hydrogen-bond acceptors (Lipinski definition) is 3. The molecule has 1 heterocycles. The van der Waals surface area contributed by atoms with E-state index in [-0.39, 0.29) is 6.61 Å². The molecule has 1 aliphatic rings. The van der Waals surface area contributed by atoms with E-state index in [0.29, 0.717) is 6.04 Å². The molecule has 1 saturated heterocycles. The Morgan fingerprint density at radius 2 is 1.90 bits per heavy atom. The van der Waals surface area contributed by atoms with Crippen molar-refractivity contribution in [1.29, 1.82) is 0 Å². The lowest BCUT2D eigenvalue weighted by molar-refractivity contribution is 0.139. The fraction of sp³-hybridized carbons (Fsp3) is 0.529. The minimum atomic E-state index is -0.0827. The monoisotopic (exact) mass is 272 g/mol. The van der Waals surface area contributed by atoms with Crippen molar-refractivity contribution >= 4 is 0 Å². The molecule has 0 atom stereocenters. The molecule has 0 radical (unpaired) electrons. The van der Waals surface area contributed by atoms with Gasteiger partial charge in [0.2, 0.25) is 0 Å². The summed E-state index contributed by atoms with van der Waals surface area (Å²) in [5, 5.41) is 8.68. The van der Waals surface area contributed by atoms with Gasteiger partial charge in [0.1, 0.15) is 6.61 Å². The largest absolute Gasteiger partial charge is 0.384 e. The highest BCUT2D eigenvalue weighted by Gasteiger charge is 2.20. The highest BCUT2D eigenvalue weighted by molar-refractivity contribution is 5.36. The van der Waals surface area contributed by atoms with Crippen molar-refractivity contribution in [2.24, 2.45) is 0 Å². The molecule has 0 aromatic heterocycles. The Labute approximate surface area is 122 Å². The van der Waals surface area contributed by atoms with Gasteiger partial charge in [-0.15, -0.1) is 0 Å². The summed E-state index contributed by atoms with van der Waals surface area (Å²) >= 11 is 0. The van der Waals surface area contributed by atoms with Crippen molar-refractivity contribution < 1.29 is 5.11 Å². The Balaban J connectivity index is 1.89. The first kappa shape index (κ1) is 15.1. The first-order chi connectivity index (χ1) is 9.69. The zero-order valence-corrected chi connectivity index (χ0v) is 12.5. The molecule has 0 aliphatic carbocycles. The van der Waals surface area contributed by atoms with Crippen LogP contribution in [0.4, 0.5) is 0 Å². The van der Waals surface area contributed by atoms with Crippen molar-refractivity contribution in [2.75, 3.05) is 33.8 Å². The van der Waals surface area contributed by atoms with Crippen LogP contribution in [-0.2, 0) is 6.54 Å². The molecule has 0 bridgehead atoms. The third-order valence-corrected chi connectivity index (χ3v) is 4.01. The van der Waals surface area contributed by atoms with E-state index in [2.05, 4.69) is 47.9 Å². The highest BCUT2D eigenvalue weighted by Crippen LogP contribution is 2.16. The molecule has 2 rings (SSSR count). The van der Waals surface area contributed by atoms with Crippen LogP contribution in [0.2, 0.25) is 0 Å². The first-order valence-corrected chi connectivity index (χ1v) is 7.26. The van der Waals surface area contributed by atoms with Gasteiger partial charge < -0.3 is 10.0 Å². The van der Waals surface area contributed by atoms with Crippen LogP contribution in [0.15, 0.2) is 24.3 Å². The van der Waals surface area contributed by atoms with Gasteiger partial charge in [-0.1, -0.05) is 24.0 Å². The molecule has 20 heavy (non-hydrogen) atoms. The second-order valence-electron chi connectivity index (χ2n) is 5.61. The van der Waals surface area contributed by atoms with Crippen molar-refractivity contribution in [3.8, 4) is 11.8 Å². The maximum Gasteiger partial charge on any atom is 0.104 e. The molecule has 0 spiro atoms. The van der Waals surface area contributed by atoms with E-state index in [9.17, 15) is 0 Å². The number of benzene rings is 1. The number of aliphatic hydroxyl groups is 1. The summed E-state index contributed by atoms with van der Waals surface area (Å²) in [5.74, 6) is 5.60. The van der Waals surface area contributed by atoms with Gasteiger partial charge in [0.05, 0.1) is 0 Å². The molecular weight excluding hydrogens is 248 g/mol. The average Bonchev–Trinajstić information content (AvgIpc) is 2.47. The van der Waals surface area contributed by atoms with Crippen LogP contribution in [0.3, 0.4) is 0 Å². The lowest BCUT2D eigenvalue weighted by atomic mass is 10.0. The fourth-order valence-corrected chi connectivity index (χ4v) is 2.69. The highest BCUT2D eigenvalue weighted by atomic mass is 16.2. The maximum atomic E-state index is 8.68. The second-order valence-corrected chi connectivity index (χ2v) is 5.61. The number of hydrogen-bond donors (Lipinski definition) is 1. The SMILES string of the molecule is CN1CCC(N(C)Cc2ccc(C#CCO)cc2)CC1. The number of aliphatic hydroxyl groups excluding tert-OH is 1. The van der Waals surface area contributed by atoms with Crippen molar-refractivity contribution in [2.45, 2.75) is 25.4 Å². The third kappa shape index (κ3) is 4.35. The van der Waals surface area contributed by atoms with Crippen LogP contribution in [0, 0.1) is 11.8 Å². The van der Waals surface area contributed by atoms with Crippen LogP contribution in [-0.4, -0.2) is 54.7 Å². The van der Waals surface area contributed by atoms with Crippen molar-refractivity contribution in [3.63, 3.8) is 0 Å². The summed E-state index contributed by atoms with van der Waals surface area (Å²) < 4.78 is 0. The summed E-state index contributed by atoms with van der Waals surface area (Å²) in [6.45, 7) is 3.30. The van der Waals surface area contributed by atoms with Gasteiger partial charge in [0.25, 0.3) is 0 Å². The van der Waals surface area contributed by atoms with E-state index < -0.39 is 0 Å². The molecule has 1 aromatic rings. The van der Waals surface area contributed by atoms with Gasteiger partial charge in [0, 0.05) is 18.2 Å². The molecule has 1 N–H and O–H groups in total. The Morgan fingerprint density at radius 1 is 1.25 bits per heavy atom. The van der Waals surface area contributed by atoms with E-state index in [1.54, 1.807) is 0 Å². The third-order valence-electron chi connectivity index (χ3n) is 4.01. The number of piperidine rings is 1. The predicted octanol–water partition coefficient (Wildman–Crippen LogP) is 1.56. The van der Waals surface area contributed by atoms with Gasteiger partial charge in [-0.25, -0.2) is 0 Å². The van der Waals surface area contributed by atoms with Crippen LogP contribution < -0.4 is 0 Å². The average molecular weight is 272 g/mol. The van der Waals surface area contributed by atoms with Crippen molar-refractivity contribution in [1.82, 2.24) is 9.80 Å². The van der Waals surface area contributed by atoms with E-state index in [4.69, 9.17) is 5.11 Å². The lowest BCUT2D eigenvalue weighted by Crippen LogP contribution is -2.41. The van der Waals surface area contributed by atoms with Gasteiger partial charge in [0.15, 0.2) is 0 Å². The quantitative estimate of drug-likeness (QED) is 0.846. The normalized spacial score (nSPS) is 17.0. The smallest absolute Gasteiger partial charge is 0.104 e. The Morgan fingerprint density at radius 3 is 2.50 bits per heavy atom. The summed E-state index contributed by atoms with van der Waals surface area (Å²) in [6.07, 6.45) is 2.51. The first-order valence-electron chi connectivity index (χ1n) is 7.26. The van der Waals surface area contributed by atoms with E-state index in [0.717, 1.165) is 12.1 Å². The summed E-state index contributed by atoms with van der Waals surface area (Å²) in [7, 11) is 4.41. The molecule has 1 aromatic carbocycles. The molecule has 1 fully saturated rings. The van der Waals surface area contributed by atoms with Crippen LogP contribution >= 0.6 is 0 Å². The molecule has 108 valence electrons. The van der Waals surface area contributed by atoms with Crippen LogP contribution in [0.1, 0.15) is 24.0 Å². The number of rotatable bonds is 3. The summed E-state index contributed by atoms with van der Waals surface area (Å²) in [5.41, 5.74) is 2.28. The van der Waals surface area contributed by atoms with E-state index in [1.165, 1.54) is 31.5 Å². The zero-order valence-electron chi connectivity index (χ0n) is 12.5. The van der Waals surface area contributed by atoms with Gasteiger partial charge >= 0.3 is 0 Å². The minimum Gasteiger partial charge on any atom is -0.384 e. The fourth-order valence-electron chi connectivity index (χ4n) is 2.69. The predicted molar refractivity (Wildman–Crippen MR) is 82.4 cm³/mol. The van der Waals surface area contributed by atoms with Gasteiger partial charge in [-0.05, 0) is 57.7 Å². The summed E-state index contributed by atoms with van der Waals surface area (Å²) in [6, 6.07) is 9.01. The van der Waals surface area contributed by atoms with Crippen molar-refractivity contribution in [3.05, 3.63) is 35.4 Å². The van der Waals surface area contributed by atoms with Gasteiger partial charge in [-0.3, -0.25) is 4.90 Å². The number of nitrogens with zero attached hydrogens (tertiary/aromatic N) is 2. The number of likely N-dealkylation sites (tertiary alicyclic amines) is 1. The van der Waals surface area contributed by atoms with Crippen LogP contribution in [0.5, 0.6) is 0 Å². The topological polar surface area (TPSA) is 26.7 Å². The molecule has 3 nitrogen and oxygen atoms in total. The zero-order chi connectivity index (χ0) is 14.4. The lowest BCUT2D eigenvalue weighted by Gasteiger charge is -2.35. The minimum absolute atomic E-state index is 0.0827. The van der Waals surface area contributed by atoms with E-state index in [1.807, 2.05) is 12.1 Å². The summed E-state index contributed by atoms with van der Waals surface area (Å²) in [4.78, 5) is 4.86. The van der Waals surface area contributed by atoms with E-state index >= 15 is 0 Å². The Bertz CT molecular complexity index is 464. The Kier molecular flexibility index (Phi) is 5.60. The van der Waals surface area contributed by atoms with Crippen LogP contribution in [0.25, 0.3) is 0 Å². The molecule has 3 heteroatoms. The standard InChI is InChI=1S/C17H24N2O/c1-18-11-9-17(10-12-18)19(2)14-16-7-5-15(6-8-16)4-3-13-20/h5-8,17,20H,9-14H2,1-2H3. The van der Waals surface area contributed by atoms with Gasteiger partial charge in [-0.2, -0.15) is 0 Å². The molecule has 1 aliphatic heterocycles. The molecular formula is C17H24N2O. The second kappa shape index (κ2) is 7.44.